The lowest BCUT2D eigenvalue weighted by molar-refractivity contribution is 0.0747. The van der Waals surface area contributed by atoms with Gasteiger partial charge in [0.1, 0.15) is 16.5 Å². The molecule has 37 heavy (non-hydrogen) atoms. The molecule has 0 unspecified atom stereocenters. The summed E-state index contributed by atoms with van der Waals surface area (Å²) >= 11 is 8.18. The summed E-state index contributed by atoms with van der Waals surface area (Å²) in [5.41, 5.74) is 3.34. The van der Waals surface area contributed by atoms with Gasteiger partial charge in [0.15, 0.2) is 0 Å². The van der Waals surface area contributed by atoms with E-state index >= 15 is 0 Å². The number of carbonyl (C=O) groups is 1. The van der Waals surface area contributed by atoms with Gasteiger partial charge in [0.25, 0.3) is 5.91 Å². The van der Waals surface area contributed by atoms with Crippen molar-refractivity contribution < 1.29 is 4.79 Å². The van der Waals surface area contributed by atoms with Crippen molar-refractivity contribution >= 4 is 44.9 Å². The van der Waals surface area contributed by atoms with E-state index in [-0.39, 0.29) is 5.91 Å². The number of fused-ring (bicyclic) bond motifs is 3. The molecule has 1 saturated heterocycles. The van der Waals surface area contributed by atoms with Crippen LogP contribution in [0.3, 0.4) is 0 Å². The van der Waals surface area contributed by atoms with Crippen molar-refractivity contribution in [1.29, 1.82) is 0 Å². The predicted octanol–water partition coefficient (Wildman–Crippen LogP) is 6.22. The van der Waals surface area contributed by atoms with Crippen molar-refractivity contribution in [1.82, 2.24) is 14.9 Å². The molecule has 1 aliphatic carbocycles. The lowest BCUT2D eigenvalue weighted by Gasteiger charge is -2.36. The molecule has 0 saturated carbocycles. The Hall–Kier alpha value is -2.96. The van der Waals surface area contributed by atoms with Crippen LogP contribution >= 0.6 is 22.9 Å². The minimum absolute atomic E-state index is 0.00327. The number of hydrogen-bond donors (Lipinski definition) is 0. The molecule has 7 heteroatoms. The fourth-order valence-electron chi connectivity index (χ4n) is 5.53. The van der Waals surface area contributed by atoms with E-state index in [1.807, 2.05) is 34.4 Å². The summed E-state index contributed by atoms with van der Waals surface area (Å²) in [7, 11) is 0. The van der Waals surface area contributed by atoms with Crippen LogP contribution in [0.1, 0.15) is 45.5 Å². The van der Waals surface area contributed by atoms with Gasteiger partial charge in [0.05, 0.1) is 16.0 Å². The van der Waals surface area contributed by atoms with E-state index in [0.717, 1.165) is 55.2 Å². The second-order valence-electron chi connectivity index (χ2n) is 10.2. The number of halogens is 1. The van der Waals surface area contributed by atoms with E-state index in [9.17, 15) is 4.79 Å². The summed E-state index contributed by atoms with van der Waals surface area (Å²) < 4.78 is 0. The Kier molecular flexibility index (Phi) is 6.87. The molecule has 4 aromatic rings. The number of nitrogens with zero attached hydrogens (tertiary/aromatic N) is 4. The zero-order valence-electron chi connectivity index (χ0n) is 21.1. The van der Waals surface area contributed by atoms with Crippen molar-refractivity contribution in [3.8, 4) is 0 Å². The zero-order chi connectivity index (χ0) is 25.4. The molecule has 6 rings (SSSR count). The number of carbonyl (C=O) groups excluding carboxylic acids is 1. The molecule has 1 fully saturated rings. The highest BCUT2D eigenvalue weighted by Crippen LogP contribution is 2.41. The SMILES string of the molecule is C[C@H]1CCc2c(sc3nc(CCc4ccccc4)nc(N4CCN(C(=O)c5ccccc5Cl)CC4)c23)C1. The van der Waals surface area contributed by atoms with Crippen LogP contribution in [0.15, 0.2) is 54.6 Å². The van der Waals surface area contributed by atoms with Crippen LogP contribution in [-0.2, 0) is 25.7 Å². The quantitative estimate of drug-likeness (QED) is 0.307. The largest absolute Gasteiger partial charge is 0.352 e. The lowest BCUT2D eigenvalue weighted by atomic mass is 9.89. The van der Waals surface area contributed by atoms with Gasteiger partial charge >= 0.3 is 0 Å². The predicted molar refractivity (Wildman–Crippen MR) is 152 cm³/mol. The molecule has 2 aliphatic rings. The fourth-order valence-corrected chi connectivity index (χ4v) is 7.15. The number of hydrogen-bond acceptors (Lipinski definition) is 5. The molecule has 1 amide bonds. The van der Waals surface area contributed by atoms with Gasteiger partial charge < -0.3 is 9.80 Å². The van der Waals surface area contributed by atoms with E-state index in [0.29, 0.717) is 29.6 Å². The number of rotatable bonds is 5. The first-order valence-corrected chi connectivity index (χ1v) is 14.4. The summed E-state index contributed by atoms with van der Waals surface area (Å²) in [4.78, 5) is 30.3. The van der Waals surface area contributed by atoms with E-state index in [2.05, 4.69) is 42.2 Å². The molecule has 0 N–H and O–H groups in total. The maximum absolute atomic E-state index is 13.1. The number of aryl methyl sites for hydroxylation is 3. The van der Waals surface area contributed by atoms with Crippen LogP contribution in [0.2, 0.25) is 5.02 Å². The van der Waals surface area contributed by atoms with Gasteiger partial charge in [-0.25, -0.2) is 9.97 Å². The van der Waals surface area contributed by atoms with Crippen LogP contribution in [0.5, 0.6) is 0 Å². The fraction of sp³-hybridized carbons (Fsp3) is 0.367. The number of amides is 1. The highest BCUT2D eigenvalue weighted by molar-refractivity contribution is 7.19. The monoisotopic (exact) mass is 530 g/mol. The van der Waals surface area contributed by atoms with Gasteiger partial charge in [-0.2, -0.15) is 0 Å². The standard InChI is InChI=1S/C30H31ClN4OS/c1-20-11-13-23-25(19-20)37-29-27(23)28(32-26(33-29)14-12-21-7-3-2-4-8-21)34-15-17-35(18-16-34)30(36)22-9-5-6-10-24(22)31/h2-10,20H,11-19H2,1H3/t20-/m0/s1. The molecule has 2 aromatic carbocycles. The summed E-state index contributed by atoms with van der Waals surface area (Å²) in [6.45, 7) is 5.15. The van der Waals surface area contributed by atoms with Crippen LogP contribution in [0, 0.1) is 5.92 Å². The first-order chi connectivity index (χ1) is 18.1. The smallest absolute Gasteiger partial charge is 0.255 e. The molecule has 1 atom stereocenters. The van der Waals surface area contributed by atoms with Crippen molar-refractivity contribution in [3.05, 3.63) is 87.0 Å². The molecule has 2 aromatic heterocycles. The Labute approximate surface area is 227 Å². The van der Waals surface area contributed by atoms with Gasteiger partial charge in [-0.15, -0.1) is 11.3 Å². The number of aromatic nitrogens is 2. The van der Waals surface area contributed by atoms with Crippen LogP contribution in [-0.4, -0.2) is 47.0 Å². The van der Waals surface area contributed by atoms with Crippen molar-refractivity contribution in [2.45, 2.75) is 39.0 Å². The van der Waals surface area contributed by atoms with Gasteiger partial charge in [-0.05, 0) is 54.9 Å². The van der Waals surface area contributed by atoms with Gasteiger partial charge in [-0.1, -0.05) is 61.0 Å². The van der Waals surface area contributed by atoms with Crippen LogP contribution in [0.25, 0.3) is 10.2 Å². The molecule has 0 bridgehead atoms. The lowest BCUT2D eigenvalue weighted by Crippen LogP contribution is -2.49. The van der Waals surface area contributed by atoms with Gasteiger partial charge in [0, 0.05) is 37.5 Å². The Morgan fingerprint density at radius 1 is 1.00 bits per heavy atom. The van der Waals surface area contributed by atoms with Crippen molar-refractivity contribution in [3.63, 3.8) is 0 Å². The normalized spacial score (nSPS) is 17.7. The molecule has 190 valence electrons. The molecule has 0 spiro atoms. The van der Waals surface area contributed by atoms with E-state index in [1.54, 1.807) is 6.07 Å². The molecular weight excluding hydrogens is 500 g/mol. The second-order valence-corrected chi connectivity index (χ2v) is 11.7. The molecular formula is C30H31ClN4OS. The van der Waals surface area contributed by atoms with E-state index in [1.165, 1.54) is 27.8 Å². The summed E-state index contributed by atoms with van der Waals surface area (Å²) in [5.74, 6) is 2.69. The average molecular weight is 531 g/mol. The number of anilines is 1. The molecule has 0 radical (unpaired) electrons. The highest BCUT2D eigenvalue weighted by atomic mass is 35.5. The van der Waals surface area contributed by atoms with Crippen LogP contribution < -0.4 is 4.90 Å². The summed E-state index contributed by atoms with van der Waals surface area (Å²) in [6.07, 6.45) is 5.19. The third kappa shape index (κ3) is 4.97. The van der Waals surface area contributed by atoms with Gasteiger partial charge in [-0.3, -0.25) is 4.79 Å². The molecule has 5 nitrogen and oxygen atoms in total. The van der Waals surface area contributed by atoms with Crippen molar-refractivity contribution in [2.24, 2.45) is 5.92 Å². The molecule has 3 heterocycles. The summed E-state index contributed by atoms with van der Waals surface area (Å²) in [5, 5.41) is 1.76. The van der Waals surface area contributed by atoms with Crippen molar-refractivity contribution in [2.75, 3.05) is 31.1 Å². The Morgan fingerprint density at radius 3 is 2.54 bits per heavy atom. The first kappa shape index (κ1) is 24.4. The minimum atomic E-state index is 0.00327. The summed E-state index contributed by atoms with van der Waals surface area (Å²) in [6, 6.07) is 17.9. The maximum Gasteiger partial charge on any atom is 0.255 e. The maximum atomic E-state index is 13.1. The average Bonchev–Trinajstić information content (AvgIpc) is 3.29. The van der Waals surface area contributed by atoms with E-state index < -0.39 is 0 Å². The zero-order valence-corrected chi connectivity index (χ0v) is 22.7. The molecule has 1 aliphatic heterocycles. The topological polar surface area (TPSA) is 49.3 Å². The van der Waals surface area contributed by atoms with Gasteiger partial charge in [0.2, 0.25) is 0 Å². The number of thiophene rings is 1. The Morgan fingerprint density at radius 2 is 1.76 bits per heavy atom. The Balaban J connectivity index is 1.29. The third-order valence-electron chi connectivity index (χ3n) is 7.63. The Bertz CT molecular complexity index is 1430. The number of benzene rings is 2. The highest BCUT2D eigenvalue weighted by Gasteiger charge is 2.29. The minimum Gasteiger partial charge on any atom is -0.352 e. The third-order valence-corrected chi connectivity index (χ3v) is 9.11. The number of piperazine rings is 1. The van der Waals surface area contributed by atoms with E-state index in [4.69, 9.17) is 21.6 Å². The van der Waals surface area contributed by atoms with Crippen LogP contribution in [0.4, 0.5) is 5.82 Å². The first-order valence-electron chi connectivity index (χ1n) is 13.2. The second kappa shape index (κ2) is 10.4.